The van der Waals surface area contributed by atoms with E-state index < -0.39 is 0 Å². The molecule has 0 amide bonds. The van der Waals surface area contributed by atoms with Gasteiger partial charge in [0, 0.05) is 12.6 Å². The first-order valence-electron chi connectivity index (χ1n) is 5.92. The van der Waals surface area contributed by atoms with Gasteiger partial charge in [0.05, 0.1) is 6.20 Å². The second-order valence-corrected chi connectivity index (χ2v) is 4.75. The average Bonchev–Trinajstić information content (AvgIpc) is 2.34. The summed E-state index contributed by atoms with van der Waals surface area (Å²) in [5, 5.41) is 3.42. The molecule has 86 valence electrons. The Kier molecular flexibility index (Phi) is 2.52. The fourth-order valence-electron chi connectivity index (χ4n) is 2.78. The minimum atomic E-state index is -0.278. The highest BCUT2D eigenvalue weighted by Gasteiger charge is 2.33. The van der Waals surface area contributed by atoms with Gasteiger partial charge in [0.25, 0.3) is 0 Å². The van der Waals surface area contributed by atoms with Crippen molar-refractivity contribution >= 4 is 5.82 Å². The van der Waals surface area contributed by atoms with Gasteiger partial charge in [-0.2, -0.15) is 0 Å². The quantitative estimate of drug-likeness (QED) is 0.824. The van der Waals surface area contributed by atoms with Gasteiger partial charge in [0.15, 0.2) is 0 Å². The summed E-state index contributed by atoms with van der Waals surface area (Å²) < 4.78 is 12.7. The van der Waals surface area contributed by atoms with Crippen molar-refractivity contribution in [3.05, 3.63) is 24.1 Å². The molecule has 0 aromatic carbocycles. The van der Waals surface area contributed by atoms with Crippen molar-refractivity contribution in [3.63, 3.8) is 0 Å². The van der Waals surface area contributed by atoms with Crippen molar-refractivity contribution in [2.45, 2.75) is 18.9 Å². The molecule has 0 saturated carbocycles. The number of aromatic nitrogens is 1. The Morgan fingerprint density at radius 1 is 1.31 bits per heavy atom. The predicted octanol–water partition coefficient (Wildman–Crippen LogP) is 1.73. The molecule has 1 aromatic heterocycles. The molecule has 1 unspecified atom stereocenters. The minimum absolute atomic E-state index is 0.278. The van der Waals surface area contributed by atoms with E-state index in [1.807, 2.05) is 0 Å². The molecule has 3 saturated heterocycles. The van der Waals surface area contributed by atoms with Gasteiger partial charge in [-0.25, -0.2) is 9.37 Å². The van der Waals surface area contributed by atoms with Gasteiger partial charge in [0.2, 0.25) is 0 Å². The van der Waals surface area contributed by atoms with Gasteiger partial charge in [-0.1, -0.05) is 0 Å². The van der Waals surface area contributed by atoms with E-state index in [2.05, 4.69) is 15.2 Å². The first kappa shape index (κ1) is 10.0. The number of rotatable bonds is 2. The van der Waals surface area contributed by atoms with Gasteiger partial charge < -0.3 is 10.2 Å². The van der Waals surface area contributed by atoms with Gasteiger partial charge in [0.1, 0.15) is 11.6 Å². The summed E-state index contributed by atoms with van der Waals surface area (Å²) in [6.45, 7) is 3.57. The Bertz CT molecular complexity index is 357. The molecule has 3 nitrogen and oxygen atoms in total. The number of hydrogen-bond acceptors (Lipinski definition) is 3. The van der Waals surface area contributed by atoms with Crippen LogP contribution in [0, 0.1) is 11.7 Å². The number of halogens is 1. The van der Waals surface area contributed by atoms with E-state index in [1.165, 1.54) is 38.2 Å². The summed E-state index contributed by atoms with van der Waals surface area (Å²) in [4.78, 5) is 6.54. The van der Waals surface area contributed by atoms with Crippen LogP contribution in [0.2, 0.25) is 0 Å². The van der Waals surface area contributed by atoms with E-state index in [0.717, 1.165) is 18.3 Å². The molecule has 4 heterocycles. The summed E-state index contributed by atoms with van der Waals surface area (Å²) in [5.74, 6) is 1.27. The predicted molar refractivity (Wildman–Crippen MR) is 60.8 cm³/mol. The maximum absolute atomic E-state index is 12.7. The first-order chi connectivity index (χ1) is 7.81. The van der Waals surface area contributed by atoms with E-state index in [-0.39, 0.29) is 5.82 Å². The Balaban J connectivity index is 1.68. The number of hydrogen-bond donors (Lipinski definition) is 1. The van der Waals surface area contributed by atoms with Gasteiger partial charge >= 0.3 is 0 Å². The molecule has 1 atom stereocenters. The van der Waals surface area contributed by atoms with E-state index >= 15 is 0 Å². The standard InChI is InChI=1S/C12H16FN3/c13-10-1-2-12(14-7-10)15-11-8-16-5-3-9(11)4-6-16/h1-2,7,9,11H,3-6,8H2,(H,14,15). The summed E-state index contributed by atoms with van der Waals surface area (Å²) in [5.41, 5.74) is 0. The van der Waals surface area contributed by atoms with Crippen LogP contribution in [0.5, 0.6) is 0 Å². The number of anilines is 1. The zero-order chi connectivity index (χ0) is 11.0. The van der Waals surface area contributed by atoms with E-state index in [0.29, 0.717) is 6.04 Å². The molecular weight excluding hydrogens is 205 g/mol. The molecule has 0 radical (unpaired) electrons. The molecule has 3 aliphatic heterocycles. The van der Waals surface area contributed by atoms with Gasteiger partial charge in [-0.15, -0.1) is 0 Å². The Morgan fingerprint density at radius 3 is 2.69 bits per heavy atom. The van der Waals surface area contributed by atoms with Crippen molar-refractivity contribution in [1.29, 1.82) is 0 Å². The highest BCUT2D eigenvalue weighted by Crippen LogP contribution is 2.29. The lowest BCUT2D eigenvalue weighted by Gasteiger charge is -2.45. The average molecular weight is 221 g/mol. The fraction of sp³-hybridized carbons (Fsp3) is 0.583. The summed E-state index contributed by atoms with van der Waals surface area (Å²) in [6.07, 6.45) is 3.82. The Hall–Kier alpha value is -1.16. The molecule has 3 aliphatic rings. The van der Waals surface area contributed by atoms with Crippen LogP contribution >= 0.6 is 0 Å². The largest absolute Gasteiger partial charge is 0.366 e. The third-order valence-electron chi connectivity index (χ3n) is 3.72. The number of nitrogens with zero attached hydrogens (tertiary/aromatic N) is 2. The number of nitrogens with one attached hydrogen (secondary N) is 1. The van der Waals surface area contributed by atoms with Gasteiger partial charge in [-0.3, -0.25) is 0 Å². The molecule has 4 heteroatoms. The second kappa shape index (κ2) is 4.01. The SMILES string of the molecule is Fc1ccc(NC2CN3CCC2CC3)nc1. The molecule has 3 fully saturated rings. The molecule has 2 bridgehead atoms. The Morgan fingerprint density at radius 2 is 2.12 bits per heavy atom. The molecule has 16 heavy (non-hydrogen) atoms. The first-order valence-corrected chi connectivity index (χ1v) is 5.92. The van der Waals surface area contributed by atoms with Crippen molar-refractivity contribution in [2.75, 3.05) is 25.0 Å². The van der Waals surface area contributed by atoms with Crippen LogP contribution in [-0.2, 0) is 0 Å². The lowest BCUT2D eigenvalue weighted by molar-refractivity contribution is 0.0974. The van der Waals surface area contributed by atoms with Crippen LogP contribution in [0.4, 0.5) is 10.2 Å². The zero-order valence-corrected chi connectivity index (χ0v) is 9.19. The second-order valence-electron chi connectivity index (χ2n) is 4.75. The Labute approximate surface area is 94.7 Å². The summed E-state index contributed by atoms with van der Waals surface area (Å²) in [6, 6.07) is 3.66. The topological polar surface area (TPSA) is 28.2 Å². The van der Waals surface area contributed by atoms with Crippen LogP contribution in [0.15, 0.2) is 18.3 Å². The molecule has 4 rings (SSSR count). The number of fused-ring (bicyclic) bond motifs is 3. The molecule has 1 N–H and O–H groups in total. The molecule has 0 spiro atoms. The van der Waals surface area contributed by atoms with Crippen molar-refractivity contribution < 1.29 is 4.39 Å². The van der Waals surface area contributed by atoms with Crippen molar-refractivity contribution in [1.82, 2.24) is 9.88 Å². The third kappa shape index (κ3) is 1.89. The summed E-state index contributed by atoms with van der Waals surface area (Å²) >= 11 is 0. The monoisotopic (exact) mass is 221 g/mol. The van der Waals surface area contributed by atoms with Crippen LogP contribution in [-0.4, -0.2) is 35.6 Å². The normalized spacial score (nSPS) is 32.7. The minimum Gasteiger partial charge on any atom is -0.366 e. The van der Waals surface area contributed by atoms with Gasteiger partial charge in [-0.05, 0) is 44.0 Å². The van der Waals surface area contributed by atoms with Crippen molar-refractivity contribution in [3.8, 4) is 0 Å². The maximum Gasteiger partial charge on any atom is 0.141 e. The highest BCUT2D eigenvalue weighted by molar-refractivity contribution is 5.35. The van der Waals surface area contributed by atoms with E-state index in [1.54, 1.807) is 6.07 Å². The zero-order valence-electron chi connectivity index (χ0n) is 9.19. The van der Waals surface area contributed by atoms with Crippen LogP contribution in [0.3, 0.4) is 0 Å². The van der Waals surface area contributed by atoms with Crippen molar-refractivity contribution in [2.24, 2.45) is 5.92 Å². The number of piperidine rings is 3. The molecule has 1 aromatic rings. The smallest absolute Gasteiger partial charge is 0.141 e. The van der Waals surface area contributed by atoms with E-state index in [4.69, 9.17) is 0 Å². The van der Waals surface area contributed by atoms with Crippen LogP contribution in [0.1, 0.15) is 12.8 Å². The summed E-state index contributed by atoms with van der Waals surface area (Å²) in [7, 11) is 0. The third-order valence-corrected chi connectivity index (χ3v) is 3.72. The number of pyridine rings is 1. The highest BCUT2D eigenvalue weighted by atomic mass is 19.1. The molecule has 0 aliphatic carbocycles. The van der Waals surface area contributed by atoms with E-state index in [9.17, 15) is 4.39 Å². The molecular formula is C12H16FN3. The lowest BCUT2D eigenvalue weighted by atomic mass is 9.84. The lowest BCUT2D eigenvalue weighted by Crippen LogP contribution is -2.53. The van der Waals surface area contributed by atoms with Crippen LogP contribution < -0.4 is 5.32 Å². The van der Waals surface area contributed by atoms with Crippen LogP contribution in [0.25, 0.3) is 0 Å². The maximum atomic E-state index is 12.7. The fourth-order valence-corrected chi connectivity index (χ4v) is 2.78.